The van der Waals surface area contributed by atoms with E-state index in [0.29, 0.717) is 11.6 Å². The first-order chi connectivity index (χ1) is 8.15. The van der Waals surface area contributed by atoms with Crippen LogP contribution in [0.2, 0.25) is 0 Å². The fourth-order valence-electron chi connectivity index (χ4n) is 2.67. The zero-order valence-electron chi connectivity index (χ0n) is 9.68. The second kappa shape index (κ2) is 3.74. The Kier molecular flexibility index (Phi) is 2.33. The first-order valence-electron chi connectivity index (χ1n) is 5.90. The minimum absolute atomic E-state index is 0.0343. The predicted octanol–water partition coefficient (Wildman–Crippen LogP) is 2.09. The second-order valence-corrected chi connectivity index (χ2v) is 4.74. The van der Waals surface area contributed by atoms with Crippen LogP contribution in [0.5, 0.6) is 5.75 Å². The molecule has 4 heteroatoms. The third-order valence-corrected chi connectivity index (χ3v) is 3.41. The first-order valence-corrected chi connectivity index (χ1v) is 5.90. The molecule has 1 aliphatic heterocycles. The standard InChI is InChI=1S/C13H15FN2O/c1-7-4-10-9(2-3-15-7)13-11(16-10)5-8(14)6-12(13)17/h5-7,15-17H,2-4H2,1H3. The van der Waals surface area contributed by atoms with Crippen molar-refractivity contribution in [1.29, 1.82) is 0 Å². The Hall–Kier alpha value is -1.55. The maximum Gasteiger partial charge on any atom is 0.129 e. The van der Waals surface area contributed by atoms with Gasteiger partial charge in [0, 0.05) is 29.6 Å². The number of phenolic OH excluding ortho intramolecular Hbond substituents is 1. The van der Waals surface area contributed by atoms with Gasteiger partial charge in [0.05, 0.1) is 5.52 Å². The van der Waals surface area contributed by atoms with Crippen molar-refractivity contribution in [2.75, 3.05) is 6.54 Å². The Morgan fingerprint density at radius 2 is 2.24 bits per heavy atom. The number of hydrogen-bond acceptors (Lipinski definition) is 2. The number of halogens is 1. The van der Waals surface area contributed by atoms with Crippen molar-refractivity contribution in [3.63, 3.8) is 0 Å². The third kappa shape index (κ3) is 1.69. The lowest BCUT2D eigenvalue weighted by Gasteiger charge is -2.07. The van der Waals surface area contributed by atoms with Crippen molar-refractivity contribution in [1.82, 2.24) is 10.3 Å². The lowest BCUT2D eigenvalue weighted by molar-refractivity contribution is 0.475. The Morgan fingerprint density at radius 1 is 1.41 bits per heavy atom. The molecule has 2 heterocycles. The molecule has 0 saturated heterocycles. The smallest absolute Gasteiger partial charge is 0.129 e. The van der Waals surface area contributed by atoms with Crippen molar-refractivity contribution in [3.05, 3.63) is 29.2 Å². The van der Waals surface area contributed by atoms with Gasteiger partial charge in [0.1, 0.15) is 11.6 Å². The second-order valence-electron chi connectivity index (χ2n) is 4.74. The lowest BCUT2D eigenvalue weighted by Crippen LogP contribution is -2.27. The summed E-state index contributed by atoms with van der Waals surface area (Å²) in [4.78, 5) is 3.23. The summed E-state index contributed by atoms with van der Waals surface area (Å²) in [5, 5.41) is 14.0. The highest BCUT2D eigenvalue weighted by molar-refractivity contribution is 5.90. The van der Waals surface area contributed by atoms with Crippen LogP contribution in [-0.2, 0) is 12.8 Å². The highest BCUT2D eigenvalue weighted by Gasteiger charge is 2.19. The molecular formula is C13H15FN2O. The van der Waals surface area contributed by atoms with E-state index < -0.39 is 5.82 Å². The van der Waals surface area contributed by atoms with E-state index in [-0.39, 0.29) is 5.75 Å². The molecule has 0 spiro atoms. The van der Waals surface area contributed by atoms with Crippen LogP contribution in [0.25, 0.3) is 10.9 Å². The topological polar surface area (TPSA) is 48.0 Å². The Balaban J connectivity index is 2.25. The van der Waals surface area contributed by atoms with E-state index in [9.17, 15) is 9.50 Å². The summed E-state index contributed by atoms with van der Waals surface area (Å²) in [6.07, 6.45) is 1.74. The monoisotopic (exact) mass is 234 g/mol. The third-order valence-electron chi connectivity index (χ3n) is 3.41. The number of H-pyrrole nitrogens is 1. The molecule has 0 amide bonds. The quantitative estimate of drug-likeness (QED) is 0.653. The molecule has 1 unspecified atom stereocenters. The molecule has 0 fully saturated rings. The van der Waals surface area contributed by atoms with Crippen molar-refractivity contribution in [2.24, 2.45) is 0 Å². The summed E-state index contributed by atoms with van der Waals surface area (Å²) < 4.78 is 13.2. The van der Waals surface area contributed by atoms with Gasteiger partial charge in [-0.1, -0.05) is 0 Å². The number of fused-ring (bicyclic) bond motifs is 3. The number of hydrogen-bond donors (Lipinski definition) is 3. The zero-order valence-corrected chi connectivity index (χ0v) is 9.68. The van der Waals surface area contributed by atoms with Crippen LogP contribution in [0.1, 0.15) is 18.2 Å². The summed E-state index contributed by atoms with van der Waals surface area (Å²) in [5.74, 6) is -0.371. The van der Waals surface area contributed by atoms with Crippen LogP contribution in [0, 0.1) is 5.82 Å². The molecule has 3 nitrogen and oxygen atoms in total. The summed E-state index contributed by atoms with van der Waals surface area (Å²) in [5.41, 5.74) is 2.93. The number of nitrogens with one attached hydrogen (secondary N) is 2. The molecule has 0 aliphatic carbocycles. The van der Waals surface area contributed by atoms with Gasteiger partial charge in [-0.3, -0.25) is 0 Å². The Labute approximate surface area is 98.7 Å². The molecular weight excluding hydrogens is 219 g/mol. The van der Waals surface area contributed by atoms with Gasteiger partial charge < -0.3 is 15.4 Å². The van der Waals surface area contributed by atoms with Crippen molar-refractivity contribution in [3.8, 4) is 5.75 Å². The highest BCUT2D eigenvalue weighted by atomic mass is 19.1. The van der Waals surface area contributed by atoms with Crippen LogP contribution in [-0.4, -0.2) is 22.7 Å². The first kappa shape index (κ1) is 10.6. The fraction of sp³-hybridized carbons (Fsp3) is 0.385. The average molecular weight is 234 g/mol. The van der Waals surface area contributed by atoms with Gasteiger partial charge in [0.15, 0.2) is 0 Å². The number of aromatic hydroxyl groups is 1. The molecule has 3 N–H and O–H groups in total. The van der Waals surface area contributed by atoms with Crippen LogP contribution in [0.4, 0.5) is 4.39 Å². The SMILES string of the molecule is CC1Cc2[nH]c3cc(F)cc(O)c3c2CCN1. The number of phenols is 1. The number of aromatic amines is 1. The molecule has 1 aromatic heterocycles. The Bertz CT molecular complexity index is 576. The van der Waals surface area contributed by atoms with Crippen molar-refractivity contribution >= 4 is 10.9 Å². The van der Waals surface area contributed by atoms with E-state index in [1.807, 2.05) is 0 Å². The van der Waals surface area contributed by atoms with Crippen molar-refractivity contribution in [2.45, 2.75) is 25.8 Å². The van der Waals surface area contributed by atoms with Crippen LogP contribution in [0.15, 0.2) is 12.1 Å². The highest BCUT2D eigenvalue weighted by Crippen LogP contribution is 2.33. The Morgan fingerprint density at radius 3 is 3.06 bits per heavy atom. The summed E-state index contributed by atoms with van der Waals surface area (Å²) in [7, 11) is 0. The average Bonchev–Trinajstić information content (AvgIpc) is 2.46. The van der Waals surface area contributed by atoms with Gasteiger partial charge in [-0.2, -0.15) is 0 Å². The van der Waals surface area contributed by atoms with Crippen LogP contribution in [0.3, 0.4) is 0 Å². The molecule has 0 radical (unpaired) electrons. The largest absolute Gasteiger partial charge is 0.507 e. The normalized spacial score (nSPS) is 20.2. The summed E-state index contributed by atoms with van der Waals surface area (Å²) in [6, 6.07) is 3.02. The zero-order chi connectivity index (χ0) is 12.0. The van der Waals surface area contributed by atoms with E-state index >= 15 is 0 Å². The molecule has 1 atom stereocenters. The fourth-order valence-corrected chi connectivity index (χ4v) is 2.67. The van der Waals surface area contributed by atoms with E-state index in [0.717, 1.165) is 36.0 Å². The van der Waals surface area contributed by atoms with Gasteiger partial charge in [0.2, 0.25) is 0 Å². The summed E-state index contributed by atoms with van der Waals surface area (Å²) >= 11 is 0. The predicted molar refractivity (Wildman–Crippen MR) is 64.8 cm³/mol. The maximum absolute atomic E-state index is 13.2. The van der Waals surface area contributed by atoms with Crippen LogP contribution < -0.4 is 5.32 Å². The van der Waals surface area contributed by atoms with E-state index in [1.54, 1.807) is 0 Å². The molecule has 3 rings (SSSR count). The molecule has 17 heavy (non-hydrogen) atoms. The van der Waals surface area contributed by atoms with Gasteiger partial charge in [-0.15, -0.1) is 0 Å². The minimum atomic E-state index is -0.405. The molecule has 90 valence electrons. The van der Waals surface area contributed by atoms with Crippen molar-refractivity contribution < 1.29 is 9.50 Å². The molecule has 0 saturated carbocycles. The van der Waals surface area contributed by atoms with E-state index in [4.69, 9.17) is 0 Å². The number of benzene rings is 1. The lowest BCUT2D eigenvalue weighted by atomic mass is 10.1. The molecule has 1 aromatic carbocycles. The summed E-state index contributed by atoms with van der Waals surface area (Å²) in [6.45, 7) is 3.01. The molecule has 2 aromatic rings. The van der Waals surface area contributed by atoms with Gasteiger partial charge in [-0.25, -0.2) is 4.39 Å². The van der Waals surface area contributed by atoms with Crippen LogP contribution >= 0.6 is 0 Å². The van der Waals surface area contributed by atoms with Gasteiger partial charge in [0.25, 0.3) is 0 Å². The van der Waals surface area contributed by atoms with Gasteiger partial charge in [-0.05, 0) is 31.5 Å². The minimum Gasteiger partial charge on any atom is -0.507 e. The van der Waals surface area contributed by atoms with Gasteiger partial charge >= 0.3 is 0 Å². The molecule has 1 aliphatic rings. The molecule has 0 bridgehead atoms. The van der Waals surface area contributed by atoms with E-state index in [1.165, 1.54) is 12.1 Å². The number of aromatic nitrogens is 1. The number of rotatable bonds is 0. The van der Waals surface area contributed by atoms with E-state index in [2.05, 4.69) is 17.2 Å². The maximum atomic E-state index is 13.2.